The predicted octanol–water partition coefficient (Wildman–Crippen LogP) is 17.6. The third kappa shape index (κ3) is 6.18. The van der Waals surface area contributed by atoms with Gasteiger partial charge in [-0.25, -0.2) is 0 Å². The number of nitrogens with zero attached hydrogens (tertiary/aromatic N) is 1. The largest absolute Gasteiger partial charge is 0.453 e. The van der Waals surface area contributed by atoms with Gasteiger partial charge in [-0.05, 0) is 103 Å². The van der Waals surface area contributed by atoms with E-state index in [9.17, 15) is 0 Å². The van der Waals surface area contributed by atoms with Crippen molar-refractivity contribution in [1.82, 2.24) is 0 Å². The lowest BCUT2D eigenvalue weighted by Crippen LogP contribution is -2.28. The van der Waals surface area contributed by atoms with Crippen molar-refractivity contribution in [2.45, 2.75) is 5.41 Å². The maximum Gasteiger partial charge on any atom is 0.160 e. The molecule has 0 atom stereocenters. The SMILES string of the molecule is c1ccc(-c2ccc(-c3ccc4c(oc5c6ccccc6ccc45)c3N(c3ccc(-c4ccccc4)cc3)c3ccc4c(c3)C(c3ccccc3)(c3ccccc3)c3ccccc3-4)cc2)cc1. The zero-order valence-corrected chi connectivity index (χ0v) is 36.7. The van der Waals surface area contributed by atoms with Gasteiger partial charge in [-0.3, -0.25) is 0 Å². The van der Waals surface area contributed by atoms with Gasteiger partial charge < -0.3 is 9.32 Å². The van der Waals surface area contributed by atoms with Crippen molar-refractivity contribution >= 4 is 49.8 Å². The molecule has 0 fully saturated rings. The van der Waals surface area contributed by atoms with Gasteiger partial charge in [-0.1, -0.05) is 224 Å². The monoisotopic (exact) mass is 853 g/mol. The van der Waals surface area contributed by atoms with E-state index in [4.69, 9.17) is 4.42 Å². The molecule has 1 aliphatic carbocycles. The molecule has 0 saturated heterocycles. The highest BCUT2D eigenvalue weighted by Crippen LogP contribution is 2.58. The molecule has 1 heterocycles. The third-order valence-electron chi connectivity index (χ3n) is 14.0. The van der Waals surface area contributed by atoms with Crippen molar-refractivity contribution in [3.63, 3.8) is 0 Å². The standard InChI is InChI=1S/C65H43NO/c1-5-17-44(18-6-1)46-29-31-49(32-30-46)54-41-42-59-58-39-35-48-21-13-14-26-55(48)63(58)67-64(59)62(54)66(52-36-33-47(34-37-52)45-19-7-2-8-20-45)53-38-40-57-56-27-15-16-28-60(56)65(61(57)43-53,50-22-9-3-10-23-50)51-24-11-4-12-25-51/h1-43H. The first-order valence-corrected chi connectivity index (χ1v) is 23.1. The van der Waals surface area contributed by atoms with Crippen LogP contribution in [0, 0.1) is 0 Å². The number of benzene rings is 11. The van der Waals surface area contributed by atoms with Crippen molar-refractivity contribution in [3.05, 3.63) is 283 Å². The van der Waals surface area contributed by atoms with Crippen LogP contribution in [0.3, 0.4) is 0 Å². The number of hydrogen-bond acceptors (Lipinski definition) is 2. The van der Waals surface area contributed by atoms with Crippen LogP contribution in [0.1, 0.15) is 22.3 Å². The summed E-state index contributed by atoms with van der Waals surface area (Å²) in [6.07, 6.45) is 0. The normalized spacial score (nSPS) is 12.6. The summed E-state index contributed by atoms with van der Waals surface area (Å²) in [6.45, 7) is 0. The van der Waals surface area contributed by atoms with Crippen LogP contribution in [0.25, 0.3) is 77.2 Å². The summed E-state index contributed by atoms with van der Waals surface area (Å²) in [5, 5.41) is 4.41. The highest BCUT2D eigenvalue weighted by atomic mass is 16.3. The summed E-state index contributed by atoms with van der Waals surface area (Å²) in [5.74, 6) is 0. The van der Waals surface area contributed by atoms with Crippen molar-refractivity contribution < 1.29 is 4.42 Å². The third-order valence-corrected chi connectivity index (χ3v) is 14.0. The molecular weight excluding hydrogens is 811 g/mol. The number of furan rings is 1. The molecule has 0 amide bonds. The Hall–Kier alpha value is -8.72. The van der Waals surface area contributed by atoms with E-state index in [-0.39, 0.29) is 0 Å². The first kappa shape index (κ1) is 38.7. The minimum Gasteiger partial charge on any atom is -0.453 e. The minimum atomic E-state index is -0.576. The molecule has 0 N–H and O–H groups in total. The molecule has 0 spiro atoms. The van der Waals surface area contributed by atoms with Gasteiger partial charge in [-0.2, -0.15) is 0 Å². The van der Waals surface area contributed by atoms with E-state index in [2.05, 4.69) is 266 Å². The number of fused-ring (bicyclic) bond motifs is 8. The zero-order chi connectivity index (χ0) is 44.3. The van der Waals surface area contributed by atoms with Crippen LogP contribution in [0.4, 0.5) is 17.1 Å². The topological polar surface area (TPSA) is 16.4 Å². The van der Waals surface area contributed by atoms with E-state index < -0.39 is 5.41 Å². The Morgan fingerprint density at radius 1 is 0.299 bits per heavy atom. The van der Waals surface area contributed by atoms with Gasteiger partial charge >= 0.3 is 0 Å². The van der Waals surface area contributed by atoms with E-state index in [1.54, 1.807) is 0 Å². The van der Waals surface area contributed by atoms with Crippen molar-refractivity contribution in [1.29, 1.82) is 0 Å². The molecule has 0 unspecified atom stereocenters. The lowest BCUT2D eigenvalue weighted by molar-refractivity contribution is 0.673. The summed E-state index contributed by atoms with van der Waals surface area (Å²) in [6, 6.07) is 95.0. The van der Waals surface area contributed by atoms with Gasteiger partial charge in [-0.15, -0.1) is 0 Å². The molecule has 314 valence electrons. The van der Waals surface area contributed by atoms with Crippen molar-refractivity contribution in [2.75, 3.05) is 4.90 Å². The first-order valence-electron chi connectivity index (χ1n) is 23.1. The van der Waals surface area contributed by atoms with Gasteiger partial charge in [0.2, 0.25) is 0 Å². The molecule has 0 bridgehead atoms. The molecule has 2 heteroatoms. The molecule has 0 aliphatic heterocycles. The maximum atomic E-state index is 7.35. The Balaban J connectivity index is 1.12. The summed E-state index contributed by atoms with van der Waals surface area (Å²) < 4.78 is 7.35. The Morgan fingerprint density at radius 3 is 1.45 bits per heavy atom. The summed E-state index contributed by atoms with van der Waals surface area (Å²) in [5.41, 5.74) is 18.5. The van der Waals surface area contributed by atoms with E-state index in [1.165, 1.54) is 50.1 Å². The van der Waals surface area contributed by atoms with Crippen LogP contribution in [0.5, 0.6) is 0 Å². The number of rotatable bonds is 8. The fraction of sp³-hybridized carbons (Fsp3) is 0.0154. The average molecular weight is 854 g/mol. The second kappa shape index (κ2) is 15.8. The average Bonchev–Trinajstić information content (AvgIpc) is 3.94. The van der Waals surface area contributed by atoms with E-state index in [0.717, 1.165) is 66.5 Å². The smallest absolute Gasteiger partial charge is 0.160 e. The summed E-state index contributed by atoms with van der Waals surface area (Å²) in [7, 11) is 0. The lowest BCUT2D eigenvalue weighted by Gasteiger charge is -2.35. The van der Waals surface area contributed by atoms with Gasteiger partial charge in [0.05, 0.1) is 11.1 Å². The molecule has 12 aromatic rings. The highest BCUT2D eigenvalue weighted by molar-refractivity contribution is 6.19. The fourth-order valence-electron chi connectivity index (χ4n) is 10.9. The van der Waals surface area contributed by atoms with E-state index in [1.807, 2.05) is 0 Å². The molecule has 13 rings (SSSR count). The van der Waals surface area contributed by atoms with Gasteiger partial charge in [0, 0.05) is 33.1 Å². The van der Waals surface area contributed by atoms with E-state index in [0.29, 0.717) is 0 Å². The molecule has 11 aromatic carbocycles. The van der Waals surface area contributed by atoms with Crippen molar-refractivity contribution in [2.24, 2.45) is 0 Å². The van der Waals surface area contributed by atoms with Gasteiger partial charge in [0.15, 0.2) is 5.58 Å². The second-order valence-corrected chi connectivity index (χ2v) is 17.6. The van der Waals surface area contributed by atoms with Crippen LogP contribution < -0.4 is 4.90 Å². The second-order valence-electron chi connectivity index (χ2n) is 17.6. The van der Waals surface area contributed by atoms with Crippen LogP contribution >= 0.6 is 0 Å². The molecule has 67 heavy (non-hydrogen) atoms. The number of anilines is 3. The molecule has 0 radical (unpaired) electrons. The Morgan fingerprint density at radius 2 is 0.776 bits per heavy atom. The summed E-state index contributed by atoms with van der Waals surface area (Å²) in [4.78, 5) is 2.45. The molecule has 1 aliphatic rings. The van der Waals surface area contributed by atoms with Crippen LogP contribution in [-0.4, -0.2) is 0 Å². The molecule has 1 aromatic heterocycles. The predicted molar refractivity (Wildman–Crippen MR) is 280 cm³/mol. The van der Waals surface area contributed by atoms with Gasteiger partial charge in [0.1, 0.15) is 5.58 Å². The Bertz CT molecular complexity index is 3720. The molecular formula is C65H43NO. The van der Waals surface area contributed by atoms with Crippen molar-refractivity contribution in [3.8, 4) is 44.5 Å². The summed E-state index contributed by atoms with van der Waals surface area (Å²) >= 11 is 0. The first-order chi connectivity index (χ1) is 33.2. The van der Waals surface area contributed by atoms with Crippen LogP contribution in [0.15, 0.2) is 265 Å². The molecule has 2 nitrogen and oxygen atoms in total. The molecule has 0 saturated carbocycles. The van der Waals surface area contributed by atoms with Crippen LogP contribution in [-0.2, 0) is 5.41 Å². The van der Waals surface area contributed by atoms with Crippen LogP contribution in [0.2, 0.25) is 0 Å². The Kier molecular flexibility index (Phi) is 9.11. The highest BCUT2D eigenvalue weighted by Gasteiger charge is 2.46. The Labute approximate surface area is 390 Å². The zero-order valence-electron chi connectivity index (χ0n) is 36.7. The number of hydrogen-bond donors (Lipinski definition) is 0. The maximum absolute atomic E-state index is 7.35. The quantitative estimate of drug-likeness (QED) is 0.151. The van der Waals surface area contributed by atoms with E-state index >= 15 is 0 Å². The van der Waals surface area contributed by atoms with Gasteiger partial charge in [0.25, 0.3) is 0 Å². The minimum absolute atomic E-state index is 0.576. The fourth-order valence-corrected chi connectivity index (χ4v) is 10.9. The lowest BCUT2D eigenvalue weighted by atomic mass is 9.67.